The molecule has 96 valence electrons. The molecule has 1 aromatic heterocycles. The van der Waals surface area contributed by atoms with Crippen LogP contribution in [-0.4, -0.2) is 22.0 Å². The Bertz CT molecular complexity index is 531. The molecular formula is C12H13ClN2O2S. The summed E-state index contributed by atoms with van der Waals surface area (Å²) in [5.41, 5.74) is 1.55. The molecule has 2 rings (SSSR count). The minimum Gasteiger partial charge on any atom is -0.490 e. The highest BCUT2D eigenvalue weighted by atomic mass is 35.5. The summed E-state index contributed by atoms with van der Waals surface area (Å²) in [4.78, 5) is 0. The van der Waals surface area contributed by atoms with Gasteiger partial charge in [0, 0.05) is 5.56 Å². The van der Waals surface area contributed by atoms with Crippen molar-refractivity contribution in [3.8, 4) is 22.8 Å². The van der Waals surface area contributed by atoms with Gasteiger partial charge in [0.25, 0.3) is 0 Å². The van der Waals surface area contributed by atoms with Gasteiger partial charge in [0.1, 0.15) is 5.69 Å². The molecule has 0 saturated carbocycles. The highest BCUT2D eigenvalue weighted by molar-refractivity contribution is 6.99. The zero-order valence-electron chi connectivity index (χ0n) is 10.1. The van der Waals surface area contributed by atoms with Crippen LogP contribution in [0.15, 0.2) is 18.2 Å². The quantitative estimate of drug-likeness (QED) is 0.840. The highest BCUT2D eigenvalue weighted by Crippen LogP contribution is 2.34. The van der Waals surface area contributed by atoms with Gasteiger partial charge in [0.15, 0.2) is 16.7 Å². The second-order valence-electron chi connectivity index (χ2n) is 3.43. The lowest BCUT2D eigenvalue weighted by Gasteiger charge is -2.11. The van der Waals surface area contributed by atoms with E-state index < -0.39 is 0 Å². The molecule has 0 radical (unpaired) electrons. The van der Waals surface area contributed by atoms with Crippen LogP contribution in [0.2, 0.25) is 5.15 Å². The molecule has 0 spiro atoms. The minimum atomic E-state index is 0.409. The summed E-state index contributed by atoms with van der Waals surface area (Å²) in [6.07, 6.45) is 0. The van der Waals surface area contributed by atoms with E-state index in [0.717, 1.165) is 23.0 Å². The first-order valence-corrected chi connectivity index (χ1v) is 6.75. The minimum absolute atomic E-state index is 0.409. The van der Waals surface area contributed by atoms with Crippen molar-refractivity contribution in [1.82, 2.24) is 8.75 Å². The van der Waals surface area contributed by atoms with Crippen LogP contribution in [0.4, 0.5) is 0 Å². The molecule has 0 aliphatic heterocycles. The Morgan fingerprint density at radius 1 is 1.11 bits per heavy atom. The van der Waals surface area contributed by atoms with Gasteiger partial charge in [-0.1, -0.05) is 11.6 Å². The van der Waals surface area contributed by atoms with E-state index >= 15 is 0 Å². The molecule has 0 aliphatic rings. The SMILES string of the molecule is CCOc1ccc(-c2nsnc2Cl)cc1OCC. The summed E-state index contributed by atoms with van der Waals surface area (Å²) in [6.45, 7) is 5.04. The molecule has 1 heterocycles. The molecule has 0 aliphatic carbocycles. The molecule has 0 bridgehead atoms. The van der Waals surface area contributed by atoms with E-state index in [2.05, 4.69) is 8.75 Å². The lowest BCUT2D eigenvalue weighted by molar-refractivity contribution is 0.288. The van der Waals surface area contributed by atoms with Crippen molar-refractivity contribution in [2.75, 3.05) is 13.2 Å². The van der Waals surface area contributed by atoms with Crippen molar-refractivity contribution in [1.29, 1.82) is 0 Å². The third-order valence-corrected chi connectivity index (χ3v) is 3.16. The highest BCUT2D eigenvalue weighted by Gasteiger charge is 2.12. The van der Waals surface area contributed by atoms with Gasteiger partial charge in [0.2, 0.25) is 0 Å². The smallest absolute Gasteiger partial charge is 0.170 e. The first-order chi connectivity index (χ1) is 8.76. The molecule has 0 fully saturated rings. The van der Waals surface area contributed by atoms with Gasteiger partial charge in [-0.15, -0.1) is 0 Å². The fourth-order valence-corrected chi connectivity index (χ4v) is 2.31. The Labute approximate surface area is 115 Å². The number of benzene rings is 1. The van der Waals surface area contributed by atoms with Gasteiger partial charge in [-0.3, -0.25) is 0 Å². The van der Waals surface area contributed by atoms with E-state index in [9.17, 15) is 0 Å². The predicted octanol–water partition coefficient (Wildman–Crippen LogP) is 3.66. The average molecular weight is 285 g/mol. The number of aromatic nitrogens is 2. The molecule has 1 aromatic carbocycles. The first-order valence-electron chi connectivity index (χ1n) is 5.64. The van der Waals surface area contributed by atoms with Crippen LogP contribution in [0.3, 0.4) is 0 Å². The summed E-state index contributed by atoms with van der Waals surface area (Å²) >= 11 is 7.06. The summed E-state index contributed by atoms with van der Waals surface area (Å²) in [5, 5.41) is 0.409. The number of hydrogen-bond acceptors (Lipinski definition) is 5. The number of ether oxygens (including phenoxy) is 2. The fraction of sp³-hybridized carbons (Fsp3) is 0.333. The molecule has 0 amide bonds. The lowest BCUT2D eigenvalue weighted by Crippen LogP contribution is -1.98. The summed E-state index contributed by atoms with van der Waals surface area (Å²) in [7, 11) is 0. The van der Waals surface area contributed by atoms with Gasteiger partial charge < -0.3 is 9.47 Å². The topological polar surface area (TPSA) is 44.2 Å². The van der Waals surface area contributed by atoms with E-state index in [-0.39, 0.29) is 0 Å². The van der Waals surface area contributed by atoms with Crippen LogP contribution >= 0.6 is 23.3 Å². The maximum absolute atomic E-state index is 5.97. The molecule has 4 nitrogen and oxygen atoms in total. The molecule has 6 heteroatoms. The summed E-state index contributed by atoms with van der Waals surface area (Å²) in [5.74, 6) is 1.42. The van der Waals surface area contributed by atoms with Gasteiger partial charge in [0.05, 0.1) is 24.9 Å². The van der Waals surface area contributed by atoms with Gasteiger partial charge in [-0.25, -0.2) is 0 Å². The van der Waals surface area contributed by atoms with Crippen molar-refractivity contribution in [3.63, 3.8) is 0 Å². The molecular weight excluding hydrogens is 272 g/mol. The normalized spacial score (nSPS) is 10.4. The van der Waals surface area contributed by atoms with Gasteiger partial charge in [-0.05, 0) is 32.0 Å². The second kappa shape index (κ2) is 6.02. The number of hydrogen-bond donors (Lipinski definition) is 0. The van der Waals surface area contributed by atoms with Crippen LogP contribution in [0, 0.1) is 0 Å². The van der Waals surface area contributed by atoms with Crippen molar-refractivity contribution in [3.05, 3.63) is 23.4 Å². The Hall–Kier alpha value is -1.33. The maximum Gasteiger partial charge on any atom is 0.170 e. The van der Waals surface area contributed by atoms with E-state index in [1.54, 1.807) is 0 Å². The molecule has 18 heavy (non-hydrogen) atoms. The van der Waals surface area contributed by atoms with Crippen molar-refractivity contribution in [2.24, 2.45) is 0 Å². The van der Waals surface area contributed by atoms with Gasteiger partial charge in [-0.2, -0.15) is 8.75 Å². The number of halogens is 1. The fourth-order valence-electron chi connectivity index (χ4n) is 1.55. The molecule has 0 unspecified atom stereocenters. The standard InChI is InChI=1S/C12H13ClN2O2S/c1-3-16-9-6-5-8(7-10(9)17-4-2)11-12(13)15-18-14-11/h5-7H,3-4H2,1-2H3. The van der Waals surface area contributed by atoms with Crippen LogP contribution in [0.5, 0.6) is 11.5 Å². The molecule has 2 aromatic rings. The van der Waals surface area contributed by atoms with Crippen LogP contribution < -0.4 is 9.47 Å². The van der Waals surface area contributed by atoms with E-state index in [1.807, 2.05) is 32.0 Å². The van der Waals surface area contributed by atoms with Crippen LogP contribution in [0.1, 0.15) is 13.8 Å². The lowest BCUT2D eigenvalue weighted by atomic mass is 10.1. The van der Waals surface area contributed by atoms with E-state index in [0.29, 0.717) is 29.8 Å². The van der Waals surface area contributed by atoms with Crippen molar-refractivity contribution < 1.29 is 9.47 Å². The Morgan fingerprint density at radius 3 is 2.44 bits per heavy atom. The number of nitrogens with zero attached hydrogens (tertiary/aromatic N) is 2. The monoisotopic (exact) mass is 284 g/mol. The van der Waals surface area contributed by atoms with E-state index in [1.165, 1.54) is 0 Å². The van der Waals surface area contributed by atoms with Crippen LogP contribution in [0.25, 0.3) is 11.3 Å². The third-order valence-electron chi connectivity index (χ3n) is 2.27. The van der Waals surface area contributed by atoms with Crippen molar-refractivity contribution in [2.45, 2.75) is 13.8 Å². The third kappa shape index (κ3) is 2.73. The second-order valence-corrected chi connectivity index (χ2v) is 4.32. The van der Waals surface area contributed by atoms with Crippen molar-refractivity contribution >= 4 is 23.3 Å². The zero-order valence-corrected chi connectivity index (χ0v) is 11.7. The first kappa shape index (κ1) is 13.1. The van der Waals surface area contributed by atoms with E-state index in [4.69, 9.17) is 21.1 Å². The van der Waals surface area contributed by atoms with Gasteiger partial charge >= 0.3 is 0 Å². The Kier molecular flexibility index (Phi) is 4.38. The molecule has 0 N–H and O–H groups in total. The predicted molar refractivity (Wildman–Crippen MR) is 72.7 cm³/mol. The van der Waals surface area contributed by atoms with Crippen LogP contribution in [-0.2, 0) is 0 Å². The summed E-state index contributed by atoms with van der Waals surface area (Å²) in [6, 6.07) is 5.63. The Balaban J connectivity index is 2.39. The average Bonchev–Trinajstić information content (AvgIpc) is 2.78. The maximum atomic E-state index is 5.97. The summed E-state index contributed by atoms with van der Waals surface area (Å²) < 4.78 is 19.2. The zero-order chi connectivity index (χ0) is 13.0. The number of rotatable bonds is 5. The largest absolute Gasteiger partial charge is 0.490 e. The molecule has 0 atom stereocenters. The molecule has 0 saturated heterocycles. The Morgan fingerprint density at radius 2 is 1.83 bits per heavy atom.